The van der Waals surface area contributed by atoms with Gasteiger partial charge in [0.25, 0.3) is 0 Å². The van der Waals surface area contributed by atoms with E-state index in [0.29, 0.717) is 19.1 Å². The molecule has 6 heteroatoms. The van der Waals surface area contributed by atoms with Crippen LogP contribution < -0.4 is 11.1 Å². The molecule has 3 N–H and O–H groups in total. The Morgan fingerprint density at radius 3 is 3.00 bits per heavy atom. The summed E-state index contributed by atoms with van der Waals surface area (Å²) in [5.74, 6) is 0.416. The van der Waals surface area contributed by atoms with Crippen LogP contribution in [0.2, 0.25) is 0 Å². The number of para-hydroxylation sites is 1. The smallest absolute Gasteiger partial charge is 0.193 e. The van der Waals surface area contributed by atoms with Gasteiger partial charge in [-0.25, -0.2) is 0 Å². The van der Waals surface area contributed by atoms with Gasteiger partial charge in [0.2, 0.25) is 0 Å². The van der Waals surface area contributed by atoms with Crippen molar-refractivity contribution in [1.82, 2.24) is 9.78 Å². The summed E-state index contributed by atoms with van der Waals surface area (Å²) in [6, 6.07) is 9.78. The molecule has 1 heterocycles. The molecule has 21 heavy (non-hydrogen) atoms. The first-order valence-electron chi connectivity index (χ1n) is 6.91. The van der Waals surface area contributed by atoms with Crippen LogP contribution in [0.4, 0.5) is 5.69 Å². The zero-order valence-electron chi connectivity index (χ0n) is 12.2. The number of ether oxygens (including phenoxy) is 1. The Hall–Kier alpha value is -2.34. The molecule has 2 aromatic rings. The second-order valence-corrected chi connectivity index (χ2v) is 4.60. The molecular weight excluding hydrogens is 266 g/mol. The number of guanidine groups is 1. The highest BCUT2D eigenvalue weighted by molar-refractivity contribution is 5.92. The van der Waals surface area contributed by atoms with Gasteiger partial charge in [0.1, 0.15) is 0 Å². The summed E-state index contributed by atoms with van der Waals surface area (Å²) in [7, 11) is 1.67. The number of nitrogens with one attached hydrogen (secondary N) is 1. The van der Waals surface area contributed by atoms with Gasteiger partial charge in [-0.1, -0.05) is 18.2 Å². The third kappa shape index (κ3) is 4.92. The number of aryl methyl sites for hydroxylation is 1. The lowest BCUT2D eigenvalue weighted by molar-refractivity contribution is 0.185. The molecule has 0 atom stereocenters. The van der Waals surface area contributed by atoms with Gasteiger partial charge >= 0.3 is 0 Å². The van der Waals surface area contributed by atoms with Gasteiger partial charge in [-0.05, 0) is 18.6 Å². The monoisotopic (exact) mass is 287 g/mol. The van der Waals surface area contributed by atoms with Gasteiger partial charge in [-0.15, -0.1) is 0 Å². The quantitative estimate of drug-likeness (QED) is 0.463. The number of nitrogens with two attached hydrogens (primary N) is 1. The molecule has 0 saturated heterocycles. The van der Waals surface area contributed by atoms with Crippen molar-refractivity contribution in [2.24, 2.45) is 10.7 Å². The second-order valence-electron chi connectivity index (χ2n) is 4.60. The molecule has 0 bridgehead atoms. The van der Waals surface area contributed by atoms with E-state index in [1.807, 2.05) is 41.2 Å². The number of methoxy groups -OCH3 is 1. The van der Waals surface area contributed by atoms with Crippen molar-refractivity contribution in [1.29, 1.82) is 0 Å². The molecule has 0 amide bonds. The molecule has 0 aliphatic carbocycles. The molecule has 6 nitrogen and oxygen atoms in total. The van der Waals surface area contributed by atoms with Crippen LogP contribution in [0.25, 0.3) is 0 Å². The molecule has 0 fully saturated rings. The Bertz CT molecular complexity index is 565. The minimum absolute atomic E-state index is 0.416. The number of benzene rings is 1. The molecule has 2 rings (SSSR count). The first kappa shape index (κ1) is 15.1. The molecule has 1 aromatic heterocycles. The summed E-state index contributed by atoms with van der Waals surface area (Å²) in [4.78, 5) is 4.32. The van der Waals surface area contributed by atoms with E-state index in [2.05, 4.69) is 15.4 Å². The lowest BCUT2D eigenvalue weighted by Gasteiger charge is -2.10. The van der Waals surface area contributed by atoms with E-state index in [1.165, 1.54) is 0 Å². The number of aliphatic imine (C=N–C) groups is 1. The molecule has 0 spiro atoms. The number of anilines is 1. The first-order valence-corrected chi connectivity index (χ1v) is 6.91. The number of hydrogen-bond donors (Lipinski definition) is 2. The molecule has 1 aromatic carbocycles. The van der Waals surface area contributed by atoms with Crippen LogP contribution in [-0.2, 0) is 17.9 Å². The third-order valence-electron chi connectivity index (χ3n) is 2.97. The zero-order valence-corrected chi connectivity index (χ0v) is 12.2. The maximum atomic E-state index is 5.91. The minimum atomic E-state index is 0.416. The van der Waals surface area contributed by atoms with Crippen molar-refractivity contribution in [3.05, 3.63) is 48.3 Å². The number of hydrogen-bond acceptors (Lipinski definition) is 3. The normalized spacial score (nSPS) is 11.6. The summed E-state index contributed by atoms with van der Waals surface area (Å²) in [5, 5.41) is 7.25. The van der Waals surface area contributed by atoms with Crippen LogP contribution in [0, 0.1) is 0 Å². The van der Waals surface area contributed by atoms with Crippen LogP contribution >= 0.6 is 0 Å². The van der Waals surface area contributed by atoms with Crippen molar-refractivity contribution < 1.29 is 4.74 Å². The Labute approximate surface area is 124 Å². The Morgan fingerprint density at radius 1 is 1.38 bits per heavy atom. The van der Waals surface area contributed by atoms with Gasteiger partial charge < -0.3 is 15.8 Å². The van der Waals surface area contributed by atoms with Crippen molar-refractivity contribution >= 4 is 11.6 Å². The SMILES string of the molecule is COCc1ccccc1NC(N)=NCCCn1cccn1. The topological polar surface area (TPSA) is 77.5 Å². The van der Waals surface area contributed by atoms with E-state index >= 15 is 0 Å². The number of aromatic nitrogens is 2. The molecular formula is C15H21N5O. The van der Waals surface area contributed by atoms with E-state index < -0.39 is 0 Å². The van der Waals surface area contributed by atoms with Gasteiger partial charge in [-0.2, -0.15) is 5.10 Å². The van der Waals surface area contributed by atoms with Crippen molar-refractivity contribution in [3.8, 4) is 0 Å². The van der Waals surface area contributed by atoms with E-state index in [0.717, 1.165) is 24.2 Å². The van der Waals surface area contributed by atoms with E-state index in [1.54, 1.807) is 13.3 Å². The molecule has 0 aliphatic heterocycles. The standard InChI is InChI=1S/C15H21N5O/c1-21-12-13-6-2-3-7-14(13)19-15(16)17-8-4-10-20-11-5-9-18-20/h2-3,5-7,9,11H,4,8,10,12H2,1H3,(H3,16,17,19). The van der Waals surface area contributed by atoms with Crippen LogP contribution in [0.5, 0.6) is 0 Å². The van der Waals surface area contributed by atoms with Gasteiger partial charge in [-0.3, -0.25) is 9.67 Å². The largest absolute Gasteiger partial charge is 0.380 e. The number of rotatable bonds is 7. The van der Waals surface area contributed by atoms with Crippen molar-refractivity contribution in [2.45, 2.75) is 19.6 Å². The predicted molar refractivity (Wildman–Crippen MR) is 84.1 cm³/mol. The Morgan fingerprint density at radius 2 is 2.24 bits per heavy atom. The molecule has 0 saturated carbocycles. The Kier molecular flexibility index (Phi) is 5.78. The van der Waals surface area contributed by atoms with E-state index in [9.17, 15) is 0 Å². The average molecular weight is 287 g/mol. The zero-order chi connectivity index (χ0) is 14.9. The maximum absolute atomic E-state index is 5.91. The second kappa shape index (κ2) is 8.06. The third-order valence-corrected chi connectivity index (χ3v) is 2.97. The van der Waals surface area contributed by atoms with E-state index in [4.69, 9.17) is 10.5 Å². The first-order chi connectivity index (χ1) is 10.3. The summed E-state index contributed by atoms with van der Waals surface area (Å²) in [6.45, 7) is 2.03. The minimum Gasteiger partial charge on any atom is -0.380 e. The number of nitrogens with zero attached hydrogens (tertiary/aromatic N) is 3. The predicted octanol–water partition coefficient (Wildman–Crippen LogP) is 1.85. The highest BCUT2D eigenvalue weighted by Crippen LogP contribution is 2.15. The fourth-order valence-corrected chi connectivity index (χ4v) is 1.97. The average Bonchev–Trinajstić information content (AvgIpc) is 2.99. The molecule has 112 valence electrons. The van der Waals surface area contributed by atoms with Crippen molar-refractivity contribution in [3.63, 3.8) is 0 Å². The highest BCUT2D eigenvalue weighted by atomic mass is 16.5. The lowest BCUT2D eigenvalue weighted by atomic mass is 10.2. The summed E-state index contributed by atoms with van der Waals surface area (Å²) < 4.78 is 7.04. The van der Waals surface area contributed by atoms with E-state index in [-0.39, 0.29) is 0 Å². The molecule has 0 radical (unpaired) electrons. The Balaban J connectivity index is 1.83. The molecule has 0 unspecified atom stereocenters. The van der Waals surface area contributed by atoms with Crippen molar-refractivity contribution in [2.75, 3.05) is 19.0 Å². The maximum Gasteiger partial charge on any atom is 0.193 e. The van der Waals surface area contributed by atoms with Gasteiger partial charge in [0.15, 0.2) is 5.96 Å². The lowest BCUT2D eigenvalue weighted by Crippen LogP contribution is -2.23. The summed E-state index contributed by atoms with van der Waals surface area (Å²) in [6.07, 6.45) is 4.60. The fourth-order valence-electron chi connectivity index (χ4n) is 1.97. The summed E-state index contributed by atoms with van der Waals surface area (Å²) >= 11 is 0. The van der Waals surface area contributed by atoms with Crippen LogP contribution in [0.3, 0.4) is 0 Å². The fraction of sp³-hybridized carbons (Fsp3) is 0.333. The van der Waals surface area contributed by atoms with Gasteiger partial charge in [0.05, 0.1) is 6.61 Å². The molecule has 0 aliphatic rings. The van der Waals surface area contributed by atoms with Crippen LogP contribution in [0.1, 0.15) is 12.0 Å². The highest BCUT2D eigenvalue weighted by Gasteiger charge is 2.02. The van der Waals surface area contributed by atoms with Gasteiger partial charge in [0, 0.05) is 43.8 Å². The summed E-state index contributed by atoms with van der Waals surface area (Å²) in [5.41, 5.74) is 7.88. The van der Waals surface area contributed by atoms with Crippen LogP contribution in [-0.4, -0.2) is 29.4 Å². The van der Waals surface area contributed by atoms with Crippen LogP contribution in [0.15, 0.2) is 47.7 Å².